The van der Waals surface area contributed by atoms with E-state index in [1.165, 1.54) is 0 Å². The van der Waals surface area contributed by atoms with Gasteiger partial charge < -0.3 is 14.0 Å². The zero-order valence-electron chi connectivity index (χ0n) is 5.72. The van der Waals surface area contributed by atoms with Crippen molar-refractivity contribution in [1.29, 1.82) is 0 Å². The second-order valence-electron chi connectivity index (χ2n) is 1.07. The molecule has 0 amide bonds. The molecule has 0 aromatic rings. The minimum atomic E-state index is -3.63. The second kappa shape index (κ2) is 7.21. The molecule has 0 saturated carbocycles. The average molecular weight is 152 g/mol. The van der Waals surface area contributed by atoms with Crippen molar-refractivity contribution in [2.24, 2.45) is 0 Å². The topological polar surface area (TPSA) is 55.3 Å². The van der Waals surface area contributed by atoms with Gasteiger partial charge in [-0.2, -0.15) is 0 Å². The van der Waals surface area contributed by atoms with E-state index in [-0.39, 0.29) is 59.1 Å². The molecule has 38 valence electrons. The van der Waals surface area contributed by atoms with Crippen molar-refractivity contribution in [1.82, 2.24) is 0 Å². The summed E-state index contributed by atoms with van der Waals surface area (Å²) in [5, 5.41) is 0. The monoisotopic (exact) mass is 152 g/mol. The predicted molar refractivity (Wildman–Crippen MR) is 18.6 cm³/mol. The number of rotatable bonds is 1. The van der Waals surface area contributed by atoms with Crippen molar-refractivity contribution >= 4 is 8.80 Å². The molecule has 0 aromatic carbocycles. The maximum Gasteiger partial charge on any atom is 1.00 e. The van der Waals surface area contributed by atoms with E-state index in [1.54, 1.807) is 0 Å². The first-order valence-electron chi connectivity index (χ1n) is 1.52. The van der Waals surface area contributed by atoms with E-state index < -0.39 is 8.80 Å². The van der Waals surface area contributed by atoms with Crippen molar-refractivity contribution in [3.8, 4) is 0 Å². The van der Waals surface area contributed by atoms with Gasteiger partial charge in [-0.3, -0.25) is 0 Å². The molecule has 0 aromatic heterocycles. The summed E-state index contributed by atoms with van der Waals surface area (Å²) in [5.41, 5.74) is 0. The molecule has 3 nitrogen and oxygen atoms in total. The summed E-state index contributed by atoms with van der Waals surface area (Å²) >= 11 is 0. The Morgan fingerprint density at radius 3 is 1.38 bits per heavy atom. The molecule has 0 fully saturated rings. The summed E-state index contributed by atoms with van der Waals surface area (Å²) in [5.74, 6) is 0. The minimum absolute atomic E-state index is 0. The molecule has 0 spiro atoms. The van der Waals surface area contributed by atoms with Crippen LogP contribution in [0.3, 0.4) is 0 Å². The predicted octanol–water partition coefficient (Wildman–Crippen LogP) is -8.07. The van der Waals surface area contributed by atoms with Gasteiger partial charge in [0.15, 0.2) is 0 Å². The summed E-state index contributed by atoms with van der Waals surface area (Å²) in [6, 6.07) is 0. The Morgan fingerprint density at radius 1 is 1.25 bits per heavy atom. The van der Waals surface area contributed by atoms with E-state index in [9.17, 15) is 9.59 Å². The van der Waals surface area contributed by atoms with Gasteiger partial charge in [-0.05, 0) is 8.80 Å². The summed E-state index contributed by atoms with van der Waals surface area (Å²) in [6.07, 6.45) is 0. The molecule has 0 rings (SSSR count). The van der Waals surface area contributed by atoms with Gasteiger partial charge in [-0.15, -0.1) is 0 Å². The van der Waals surface area contributed by atoms with Gasteiger partial charge in [-0.25, -0.2) is 0 Å². The Kier molecular flexibility index (Phi) is 14.9. The van der Waals surface area contributed by atoms with Crippen molar-refractivity contribution < 1.29 is 73.1 Å². The fourth-order valence-corrected chi connectivity index (χ4v) is 0. The van der Waals surface area contributed by atoms with Crippen LogP contribution >= 0.6 is 0 Å². The Bertz CT molecular complexity index is 45.0. The molecule has 0 radical (unpaired) electrons. The largest absolute Gasteiger partial charge is 1.00 e. The number of hydrogen-bond donors (Lipinski definition) is 0. The normalized spacial score (nSPS) is 9.00. The van der Waals surface area contributed by atoms with Gasteiger partial charge in [0.2, 0.25) is 0 Å². The standard InChI is InChI=1S/C2H6O3Si.2Na/c1-5-6(2,3)4;;/h1-2H3;;/q-2;2*+1. The van der Waals surface area contributed by atoms with Gasteiger partial charge >= 0.3 is 59.1 Å². The Morgan fingerprint density at radius 2 is 1.38 bits per heavy atom. The smallest absolute Gasteiger partial charge is 0.849 e. The Hall–Kier alpha value is 2.10. The molecule has 8 heavy (non-hydrogen) atoms. The van der Waals surface area contributed by atoms with E-state index >= 15 is 0 Å². The summed E-state index contributed by atoms with van der Waals surface area (Å²) in [4.78, 5) is 19.7. The summed E-state index contributed by atoms with van der Waals surface area (Å²) in [6.45, 7) is 1.05. The van der Waals surface area contributed by atoms with Crippen LogP contribution in [0.4, 0.5) is 0 Å². The quantitative estimate of drug-likeness (QED) is 0.351. The molecule has 0 N–H and O–H groups in total. The van der Waals surface area contributed by atoms with Gasteiger partial charge in [0.05, 0.1) is 0 Å². The van der Waals surface area contributed by atoms with Crippen molar-refractivity contribution in [3.05, 3.63) is 0 Å². The minimum Gasteiger partial charge on any atom is -0.849 e. The van der Waals surface area contributed by atoms with Gasteiger partial charge in [0.1, 0.15) is 0 Å². The third-order valence-corrected chi connectivity index (χ3v) is 1.11. The first-order valence-corrected chi connectivity index (χ1v) is 3.75. The van der Waals surface area contributed by atoms with Gasteiger partial charge in [-0.1, -0.05) is 6.55 Å². The molecular weight excluding hydrogens is 146 g/mol. The Labute approximate surface area is 94.4 Å². The van der Waals surface area contributed by atoms with Crippen LogP contribution in [0.25, 0.3) is 0 Å². The summed E-state index contributed by atoms with van der Waals surface area (Å²) in [7, 11) is -2.49. The molecule has 6 heteroatoms. The molecule has 0 aliphatic carbocycles. The van der Waals surface area contributed by atoms with Crippen molar-refractivity contribution in [2.75, 3.05) is 7.11 Å². The van der Waals surface area contributed by atoms with Crippen LogP contribution in [0.5, 0.6) is 0 Å². The first kappa shape index (κ1) is 16.6. The number of hydrogen-bond acceptors (Lipinski definition) is 3. The van der Waals surface area contributed by atoms with Gasteiger partial charge in [0.25, 0.3) is 0 Å². The fourth-order valence-electron chi connectivity index (χ4n) is 0. The first-order chi connectivity index (χ1) is 2.56. The third-order valence-electron chi connectivity index (χ3n) is 0.371. The maximum absolute atomic E-state index is 9.83. The fraction of sp³-hybridized carbons (Fsp3) is 1.00. The van der Waals surface area contributed by atoms with Crippen LogP contribution in [0.1, 0.15) is 0 Å². The van der Waals surface area contributed by atoms with Crippen LogP contribution in [0, 0.1) is 0 Å². The maximum atomic E-state index is 9.83. The SMILES string of the molecule is CO[Si](C)([O-])[O-].[Na+].[Na+]. The van der Waals surface area contributed by atoms with E-state index in [4.69, 9.17) is 0 Å². The molecule has 0 aliphatic heterocycles. The van der Waals surface area contributed by atoms with E-state index in [2.05, 4.69) is 4.43 Å². The molecule has 0 bridgehead atoms. The summed E-state index contributed by atoms with van der Waals surface area (Å²) < 4.78 is 3.97. The van der Waals surface area contributed by atoms with Gasteiger partial charge in [0, 0.05) is 7.11 Å². The molecule has 0 atom stereocenters. The Balaban J connectivity index is -0.000000125. The molecular formula is C2H6Na2O3Si. The average Bonchev–Trinajstić information content (AvgIpc) is 1.35. The van der Waals surface area contributed by atoms with Crippen LogP contribution in [-0.4, -0.2) is 15.9 Å². The second-order valence-corrected chi connectivity index (χ2v) is 3.20. The van der Waals surface area contributed by atoms with Crippen molar-refractivity contribution in [3.63, 3.8) is 0 Å². The van der Waals surface area contributed by atoms with Crippen LogP contribution in [-0.2, 0) is 4.43 Å². The van der Waals surface area contributed by atoms with Crippen LogP contribution in [0.15, 0.2) is 0 Å². The zero-order valence-corrected chi connectivity index (χ0v) is 10.7. The molecule has 0 aliphatic rings. The molecule has 0 saturated heterocycles. The molecule has 0 heterocycles. The van der Waals surface area contributed by atoms with E-state index in [0.29, 0.717) is 0 Å². The van der Waals surface area contributed by atoms with Crippen LogP contribution in [0.2, 0.25) is 6.55 Å². The van der Waals surface area contributed by atoms with Crippen LogP contribution < -0.4 is 68.7 Å². The van der Waals surface area contributed by atoms with E-state index in [0.717, 1.165) is 13.7 Å². The third kappa shape index (κ3) is 15.7. The molecule has 0 unspecified atom stereocenters. The zero-order chi connectivity index (χ0) is 5.21. The van der Waals surface area contributed by atoms with E-state index in [1.807, 2.05) is 0 Å². The van der Waals surface area contributed by atoms with Crippen molar-refractivity contribution in [2.45, 2.75) is 6.55 Å².